The van der Waals surface area contributed by atoms with Gasteiger partial charge >= 0.3 is 0 Å². The van der Waals surface area contributed by atoms with E-state index in [1.54, 1.807) is 18.2 Å². The number of hydrogen-bond acceptors (Lipinski definition) is 4. The largest absolute Gasteiger partial charge is 0.328 e. The predicted molar refractivity (Wildman–Crippen MR) is 66.3 cm³/mol. The first kappa shape index (κ1) is 14.1. The maximum Gasteiger partial charge on any atom is 0.294 e. The van der Waals surface area contributed by atoms with Gasteiger partial charge in [-0.15, -0.1) is 0 Å². The molecule has 4 N–H and O–H groups in total. The SMILES string of the molecule is NC1CCNCC1.O=S(=O)(O)c1ccccc1. The first-order valence-corrected chi connectivity index (χ1v) is 6.93. The quantitative estimate of drug-likeness (QED) is 0.643. The monoisotopic (exact) mass is 258 g/mol. The zero-order valence-electron chi connectivity index (χ0n) is 9.54. The number of hydrogen-bond donors (Lipinski definition) is 3. The van der Waals surface area contributed by atoms with Crippen LogP contribution in [0, 0.1) is 0 Å². The minimum absolute atomic E-state index is 0.0741. The van der Waals surface area contributed by atoms with Crippen molar-refractivity contribution in [2.45, 2.75) is 23.8 Å². The van der Waals surface area contributed by atoms with Crippen molar-refractivity contribution in [3.63, 3.8) is 0 Å². The Kier molecular flexibility index (Phi) is 5.57. The molecule has 1 aliphatic heterocycles. The molecule has 0 amide bonds. The van der Waals surface area contributed by atoms with Crippen LogP contribution in [0.4, 0.5) is 0 Å². The van der Waals surface area contributed by atoms with E-state index in [0.29, 0.717) is 6.04 Å². The van der Waals surface area contributed by atoms with Crippen LogP contribution in [0.15, 0.2) is 35.2 Å². The van der Waals surface area contributed by atoms with Gasteiger partial charge in [0.2, 0.25) is 0 Å². The van der Waals surface area contributed by atoms with Gasteiger partial charge in [0, 0.05) is 6.04 Å². The van der Waals surface area contributed by atoms with Crippen molar-refractivity contribution in [1.29, 1.82) is 0 Å². The molecule has 0 spiro atoms. The molecule has 1 aromatic carbocycles. The number of rotatable bonds is 1. The third kappa shape index (κ3) is 5.78. The van der Waals surface area contributed by atoms with E-state index in [-0.39, 0.29) is 4.90 Å². The lowest BCUT2D eigenvalue weighted by molar-refractivity contribution is 0.458. The fraction of sp³-hybridized carbons (Fsp3) is 0.455. The molecule has 6 heteroatoms. The van der Waals surface area contributed by atoms with Crippen LogP contribution in [0.2, 0.25) is 0 Å². The molecule has 0 atom stereocenters. The van der Waals surface area contributed by atoms with Crippen molar-refractivity contribution in [3.8, 4) is 0 Å². The van der Waals surface area contributed by atoms with E-state index in [4.69, 9.17) is 10.3 Å². The minimum Gasteiger partial charge on any atom is -0.328 e. The topological polar surface area (TPSA) is 92.4 Å². The molecule has 0 radical (unpaired) electrons. The molecule has 17 heavy (non-hydrogen) atoms. The van der Waals surface area contributed by atoms with Crippen molar-refractivity contribution in [3.05, 3.63) is 30.3 Å². The third-order valence-electron chi connectivity index (χ3n) is 2.42. The van der Waals surface area contributed by atoms with E-state index in [0.717, 1.165) is 25.9 Å². The summed E-state index contributed by atoms with van der Waals surface area (Å²) in [7, 11) is -4.00. The number of piperidine rings is 1. The summed E-state index contributed by atoms with van der Waals surface area (Å²) >= 11 is 0. The molecule has 96 valence electrons. The summed E-state index contributed by atoms with van der Waals surface area (Å²) in [5, 5.41) is 3.24. The number of nitrogens with two attached hydrogens (primary N) is 1. The standard InChI is InChI=1S/C6H6O3S.C5H12N2/c7-10(8,9)6-4-2-1-3-5-6;6-5-1-3-7-4-2-5/h1-5H,(H,7,8,9);5,7H,1-4,6H2. The second kappa shape index (κ2) is 6.70. The molecule has 0 aliphatic carbocycles. The van der Waals surface area contributed by atoms with Crippen LogP contribution >= 0.6 is 0 Å². The molecule has 0 saturated carbocycles. The van der Waals surface area contributed by atoms with Gasteiger partial charge in [-0.1, -0.05) is 18.2 Å². The average Bonchev–Trinajstić information content (AvgIpc) is 2.31. The highest BCUT2D eigenvalue weighted by molar-refractivity contribution is 7.85. The number of benzene rings is 1. The molecule has 2 rings (SSSR count). The van der Waals surface area contributed by atoms with Gasteiger partial charge in [0.1, 0.15) is 0 Å². The zero-order chi connectivity index (χ0) is 12.7. The third-order valence-corrected chi connectivity index (χ3v) is 3.29. The first-order chi connectivity index (χ1) is 8.00. The lowest BCUT2D eigenvalue weighted by Crippen LogP contribution is -2.35. The van der Waals surface area contributed by atoms with Crippen LogP contribution in [0.5, 0.6) is 0 Å². The Morgan fingerprint density at radius 1 is 1.18 bits per heavy atom. The van der Waals surface area contributed by atoms with Crippen LogP contribution in [0.3, 0.4) is 0 Å². The van der Waals surface area contributed by atoms with Gasteiger partial charge in [0.15, 0.2) is 0 Å². The Balaban J connectivity index is 0.000000181. The van der Waals surface area contributed by atoms with E-state index in [9.17, 15) is 8.42 Å². The van der Waals surface area contributed by atoms with Crippen molar-refractivity contribution >= 4 is 10.1 Å². The van der Waals surface area contributed by atoms with E-state index in [2.05, 4.69) is 5.32 Å². The molecule has 1 saturated heterocycles. The van der Waals surface area contributed by atoms with Gasteiger partial charge < -0.3 is 11.1 Å². The smallest absolute Gasteiger partial charge is 0.294 e. The van der Waals surface area contributed by atoms with E-state index >= 15 is 0 Å². The highest BCUT2D eigenvalue weighted by atomic mass is 32.2. The van der Waals surface area contributed by atoms with Gasteiger partial charge in [-0.05, 0) is 38.1 Å². The lowest BCUT2D eigenvalue weighted by atomic mass is 10.1. The van der Waals surface area contributed by atoms with Crippen LogP contribution < -0.4 is 11.1 Å². The molecular weight excluding hydrogens is 240 g/mol. The van der Waals surface area contributed by atoms with Crippen molar-refractivity contribution in [1.82, 2.24) is 5.32 Å². The zero-order valence-corrected chi connectivity index (χ0v) is 10.4. The van der Waals surface area contributed by atoms with E-state index < -0.39 is 10.1 Å². The maximum atomic E-state index is 10.4. The summed E-state index contributed by atoms with van der Waals surface area (Å²) in [6.07, 6.45) is 2.31. The molecule has 0 bridgehead atoms. The first-order valence-electron chi connectivity index (χ1n) is 5.49. The summed E-state index contributed by atoms with van der Waals surface area (Å²) in [5.41, 5.74) is 5.59. The van der Waals surface area contributed by atoms with Gasteiger partial charge in [-0.25, -0.2) is 0 Å². The Morgan fingerprint density at radius 2 is 1.71 bits per heavy atom. The van der Waals surface area contributed by atoms with Gasteiger partial charge in [-0.2, -0.15) is 8.42 Å². The molecule has 0 unspecified atom stereocenters. The van der Waals surface area contributed by atoms with Gasteiger partial charge in [0.05, 0.1) is 4.90 Å². The highest BCUT2D eigenvalue weighted by Gasteiger charge is 2.06. The average molecular weight is 258 g/mol. The Hall–Kier alpha value is -0.950. The van der Waals surface area contributed by atoms with Crippen LogP contribution in [-0.4, -0.2) is 32.1 Å². The van der Waals surface area contributed by atoms with Crippen LogP contribution in [-0.2, 0) is 10.1 Å². The minimum atomic E-state index is -4.00. The fourth-order valence-electron chi connectivity index (χ4n) is 1.44. The molecule has 1 heterocycles. The van der Waals surface area contributed by atoms with Crippen molar-refractivity contribution in [2.24, 2.45) is 5.73 Å². The van der Waals surface area contributed by atoms with Crippen LogP contribution in [0.1, 0.15) is 12.8 Å². The lowest BCUT2D eigenvalue weighted by Gasteiger charge is -2.17. The Bertz CT molecular complexity index is 414. The number of nitrogens with one attached hydrogen (secondary N) is 1. The summed E-state index contributed by atoms with van der Waals surface area (Å²) in [5.74, 6) is 0. The van der Waals surface area contributed by atoms with Gasteiger partial charge in [0.25, 0.3) is 10.1 Å². The second-order valence-corrected chi connectivity index (χ2v) is 5.30. The second-order valence-electron chi connectivity index (χ2n) is 3.88. The van der Waals surface area contributed by atoms with E-state index in [1.165, 1.54) is 12.1 Å². The highest BCUT2D eigenvalue weighted by Crippen LogP contribution is 2.05. The molecule has 1 aliphatic rings. The molecular formula is C11H18N2O3S. The Labute approximate surface area is 102 Å². The summed E-state index contributed by atoms with van der Waals surface area (Å²) in [6, 6.07) is 7.90. The van der Waals surface area contributed by atoms with Crippen LogP contribution in [0.25, 0.3) is 0 Å². The van der Waals surface area contributed by atoms with E-state index in [1.807, 2.05) is 0 Å². The Morgan fingerprint density at radius 3 is 2.00 bits per heavy atom. The van der Waals surface area contributed by atoms with Gasteiger partial charge in [-0.3, -0.25) is 4.55 Å². The maximum absolute atomic E-state index is 10.4. The van der Waals surface area contributed by atoms with Crippen molar-refractivity contribution in [2.75, 3.05) is 13.1 Å². The van der Waals surface area contributed by atoms with Crippen molar-refractivity contribution < 1.29 is 13.0 Å². The predicted octanol–water partition coefficient (Wildman–Crippen LogP) is 0.630. The molecule has 0 aromatic heterocycles. The molecule has 1 aromatic rings. The normalized spacial score (nSPS) is 17.1. The summed E-state index contributed by atoms with van der Waals surface area (Å²) < 4.78 is 29.2. The fourth-order valence-corrected chi connectivity index (χ4v) is 1.94. The summed E-state index contributed by atoms with van der Waals surface area (Å²) in [4.78, 5) is -0.0741. The molecule has 5 nitrogen and oxygen atoms in total. The molecule has 1 fully saturated rings. The summed E-state index contributed by atoms with van der Waals surface area (Å²) in [6.45, 7) is 2.22.